The molecule has 1 heterocycles. The first kappa shape index (κ1) is 13.0. The molecule has 5 nitrogen and oxygen atoms in total. The minimum Gasteiger partial charge on any atom is -0.480 e. The molecular formula is C11H19NO4. The van der Waals surface area contributed by atoms with Crippen molar-refractivity contribution in [3.63, 3.8) is 0 Å². The Kier molecular flexibility index (Phi) is 4.73. The fourth-order valence-electron chi connectivity index (χ4n) is 1.85. The van der Waals surface area contributed by atoms with Gasteiger partial charge in [0.25, 0.3) is 0 Å². The molecule has 0 aromatic heterocycles. The molecule has 0 radical (unpaired) electrons. The molecule has 0 spiro atoms. The summed E-state index contributed by atoms with van der Waals surface area (Å²) in [7, 11) is 0. The smallest absolute Gasteiger partial charge is 0.326 e. The molecule has 1 atom stereocenters. The molecule has 16 heavy (non-hydrogen) atoms. The molecule has 0 saturated carbocycles. The third-order valence-electron chi connectivity index (χ3n) is 2.63. The van der Waals surface area contributed by atoms with Crippen molar-refractivity contribution in [3.8, 4) is 0 Å². The number of carboxylic acid groups (broad SMARTS) is 1. The minimum absolute atomic E-state index is 0.0987. The van der Waals surface area contributed by atoms with Gasteiger partial charge in [-0.05, 0) is 26.7 Å². The summed E-state index contributed by atoms with van der Waals surface area (Å²) < 4.78 is 5.27. The highest BCUT2D eigenvalue weighted by molar-refractivity contribution is 5.84. The number of hydrogen-bond donors (Lipinski definition) is 1. The Bertz CT molecular complexity index is 265. The van der Waals surface area contributed by atoms with Gasteiger partial charge in [0, 0.05) is 6.54 Å². The standard InChI is InChI=1S/C11H19NO4/c1-8(2)16-7-5-10(13)12-6-3-4-9(12)11(14)15/h8-9H,3-7H2,1-2H3,(H,14,15)/t9-/m0/s1. The van der Waals surface area contributed by atoms with E-state index < -0.39 is 12.0 Å². The maximum Gasteiger partial charge on any atom is 0.326 e. The van der Waals surface area contributed by atoms with Crippen LogP contribution in [0.5, 0.6) is 0 Å². The monoisotopic (exact) mass is 229 g/mol. The van der Waals surface area contributed by atoms with Crippen molar-refractivity contribution in [2.24, 2.45) is 0 Å². The van der Waals surface area contributed by atoms with Crippen molar-refractivity contribution in [2.75, 3.05) is 13.2 Å². The first-order chi connectivity index (χ1) is 7.52. The highest BCUT2D eigenvalue weighted by atomic mass is 16.5. The van der Waals surface area contributed by atoms with Crippen LogP contribution in [0.1, 0.15) is 33.1 Å². The minimum atomic E-state index is -0.907. The summed E-state index contributed by atoms with van der Waals surface area (Å²) in [4.78, 5) is 24.0. The van der Waals surface area contributed by atoms with Crippen LogP contribution in [0.3, 0.4) is 0 Å². The Morgan fingerprint density at radius 2 is 2.19 bits per heavy atom. The van der Waals surface area contributed by atoms with Gasteiger partial charge < -0.3 is 14.7 Å². The molecule has 1 aliphatic rings. The number of ether oxygens (including phenoxy) is 1. The summed E-state index contributed by atoms with van der Waals surface area (Å²) >= 11 is 0. The van der Waals surface area contributed by atoms with Gasteiger partial charge in [-0.3, -0.25) is 4.79 Å². The lowest BCUT2D eigenvalue weighted by atomic mass is 10.2. The molecule has 0 bridgehead atoms. The topological polar surface area (TPSA) is 66.8 Å². The summed E-state index contributed by atoms with van der Waals surface area (Å²) in [5.74, 6) is -1.03. The number of carbonyl (C=O) groups excluding carboxylic acids is 1. The van der Waals surface area contributed by atoms with Crippen molar-refractivity contribution < 1.29 is 19.4 Å². The zero-order valence-electron chi connectivity index (χ0n) is 9.81. The van der Waals surface area contributed by atoms with E-state index in [2.05, 4.69) is 0 Å². The summed E-state index contributed by atoms with van der Waals surface area (Å²) in [5, 5.41) is 8.92. The molecule has 1 fully saturated rings. The van der Waals surface area contributed by atoms with Crippen LogP contribution in [0.15, 0.2) is 0 Å². The van der Waals surface area contributed by atoms with Crippen molar-refractivity contribution in [2.45, 2.75) is 45.3 Å². The highest BCUT2D eigenvalue weighted by Crippen LogP contribution is 2.18. The number of hydrogen-bond acceptors (Lipinski definition) is 3. The number of likely N-dealkylation sites (tertiary alicyclic amines) is 1. The van der Waals surface area contributed by atoms with Gasteiger partial charge >= 0.3 is 5.97 Å². The SMILES string of the molecule is CC(C)OCCC(=O)N1CCC[C@H]1C(=O)O. The Labute approximate surface area is 95.4 Å². The lowest BCUT2D eigenvalue weighted by Crippen LogP contribution is -2.40. The van der Waals surface area contributed by atoms with Crippen molar-refractivity contribution in [3.05, 3.63) is 0 Å². The number of carbonyl (C=O) groups is 2. The molecule has 1 saturated heterocycles. The van der Waals surface area contributed by atoms with Crippen LogP contribution in [-0.4, -0.2) is 47.2 Å². The van der Waals surface area contributed by atoms with E-state index in [1.807, 2.05) is 13.8 Å². The van der Waals surface area contributed by atoms with Gasteiger partial charge in [-0.15, -0.1) is 0 Å². The first-order valence-corrected chi connectivity index (χ1v) is 5.66. The first-order valence-electron chi connectivity index (χ1n) is 5.66. The molecule has 1 aliphatic heterocycles. The van der Waals surface area contributed by atoms with Gasteiger partial charge in [0.15, 0.2) is 0 Å². The van der Waals surface area contributed by atoms with E-state index in [1.54, 1.807) is 0 Å². The zero-order chi connectivity index (χ0) is 12.1. The second-order valence-electron chi connectivity index (χ2n) is 4.25. The molecule has 1 N–H and O–H groups in total. The van der Waals surface area contributed by atoms with E-state index in [1.165, 1.54) is 4.90 Å². The fraction of sp³-hybridized carbons (Fsp3) is 0.818. The van der Waals surface area contributed by atoms with E-state index in [9.17, 15) is 9.59 Å². The fourth-order valence-corrected chi connectivity index (χ4v) is 1.85. The third kappa shape index (κ3) is 3.48. The predicted molar refractivity (Wildman–Crippen MR) is 58.1 cm³/mol. The molecule has 0 aromatic rings. The number of aliphatic carboxylic acids is 1. The second kappa shape index (κ2) is 5.84. The number of nitrogens with zero attached hydrogens (tertiary/aromatic N) is 1. The Balaban J connectivity index is 2.38. The van der Waals surface area contributed by atoms with Crippen molar-refractivity contribution >= 4 is 11.9 Å². The number of rotatable bonds is 5. The van der Waals surface area contributed by atoms with Gasteiger partial charge in [-0.1, -0.05) is 0 Å². The van der Waals surface area contributed by atoms with Gasteiger partial charge in [0.05, 0.1) is 19.1 Å². The van der Waals surface area contributed by atoms with Crippen molar-refractivity contribution in [1.82, 2.24) is 4.90 Å². The van der Waals surface area contributed by atoms with Crippen LogP contribution in [0.2, 0.25) is 0 Å². The molecule has 1 rings (SSSR count). The zero-order valence-corrected chi connectivity index (χ0v) is 9.81. The normalized spacial score (nSPS) is 20.4. The second-order valence-corrected chi connectivity index (χ2v) is 4.25. The van der Waals surface area contributed by atoms with Crippen LogP contribution >= 0.6 is 0 Å². The molecule has 0 aromatic carbocycles. The molecule has 0 unspecified atom stereocenters. The predicted octanol–water partition coefficient (Wildman–Crippen LogP) is 0.877. The molecule has 5 heteroatoms. The van der Waals surface area contributed by atoms with E-state index in [0.29, 0.717) is 19.6 Å². The number of carboxylic acids is 1. The van der Waals surface area contributed by atoms with E-state index >= 15 is 0 Å². The largest absolute Gasteiger partial charge is 0.480 e. The summed E-state index contributed by atoms with van der Waals surface area (Å²) in [6, 6.07) is -0.633. The Morgan fingerprint density at radius 3 is 2.75 bits per heavy atom. The molecular weight excluding hydrogens is 210 g/mol. The Hall–Kier alpha value is -1.10. The van der Waals surface area contributed by atoms with E-state index in [0.717, 1.165) is 6.42 Å². The lowest BCUT2D eigenvalue weighted by molar-refractivity contribution is -0.148. The summed E-state index contributed by atoms with van der Waals surface area (Å²) in [6.45, 7) is 4.72. The third-order valence-corrected chi connectivity index (χ3v) is 2.63. The maximum atomic E-state index is 11.7. The highest BCUT2D eigenvalue weighted by Gasteiger charge is 2.33. The van der Waals surface area contributed by atoms with Crippen LogP contribution in [-0.2, 0) is 14.3 Å². The lowest BCUT2D eigenvalue weighted by Gasteiger charge is -2.21. The summed E-state index contributed by atoms with van der Waals surface area (Å²) in [6.07, 6.45) is 1.70. The molecule has 0 aliphatic carbocycles. The van der Waals surface area contributed by atoms with Crippen molar-refractivity contribution in [1.29, 1.82) is 0 Å². The summed E-state index contributed by atoms with van der Waals surface area (Å²) in [5.41, 5.74) is 0. The van der Waals surface area contributed by atoms with Crippen LogP contribution in [0, 0.1) is 0 Å². The van der Waals surface area contributed by atoms with Crippen LogP contribution in [0.25, 0.3) is 0 Å². The Morgan fingerprint density at radius 1 is 1.50 bits per heavy atom. The van der Waals surface area contributed by atoms with Crippen LogP contribution in [0.4, 0.5) is 0 Å². The van der Waals surface area contributed by atoms with Gasteiger partial charge in [-0.25, -0.2) is 4.79 Å². The van der Waals surface area contributed by atoms with E-state index in [4.69, 9.17) is 9.84 Å². The van der Waals surface area contributed by atoms with Gasteiger partial charge in [-0.2, -0.15) is 0 Å². The maximum absolute atomic E-state index is 11.7. The van der Waals surface area contributed by atoms with Gasteiger partial charge in [0.1, 0.15) is 6.04 Å². The average molecular weight is 229 g/mol. The number of amides is 1. The molecule has 1 amide bonds. The average Bonchev–Trinajstić information content (AvgIpc) is 2.65. The van der Waals surface area contributed by atoms with E-state index in [-0.39, 0.29) is 18.4 Å². The quantitative estimate of drug-likeness (QED) is 0.759. The van der Waals surface area contributed by atoms with Gasteiger partial charge in [0.2, 0.25) is 5.91 Å². The molecule has 92 valence electrons. The van der Waals surface area contributed by atoms with Crippen LogP contribution < -0.4 is 0 Å².